The first-order valence-electron chi connectivity index (χ1n) is 4.75. The van der Waals surface area contributed by atoms with Gasteiger partial charge in [0.25, 0.3) is 0 Å². The maximum absolute atomic E-state index is 11.6. The minimum atomic E-state index is 0.0362. The maximum Gasteiger partial charge on any atom is 0.231 e. The standard InChI is InChI=1S/C11H10ClNO2/c12-9-3-2-8-6-11(15)13(4-1-5-14)10(8)7-9/h2-3,5,7H,1,4,6H2. The largest absolute Gasteiger partial charge is 0.311 e. The smallest absolute Gasteiger partial charge is 0.231 e. The Morgan fingerprint density at radius 3 is 3.00 bits per heavy atom. The van der Waals surface area contributed by atoms with Crippen LogP contribution in [0.15, 0.2) is 18.2 Å². The Bertz CT molecular complexity index is 417. The minimum Gasteiger partial charge on any atom is -0.311 e. The molecular weight excluding hydrogens is 214 g/mol. The zero-order valence-electron chi connectivity index (χ0n) is 8.07. The molecule has 15 heavy (non-hydrogen) atoms. The summed E-state index contributed by atoms with van der Waals surface area (Å²) >= 11 is 5.86. The lowest BCUT2D eigenvalue weighted by atomic mass is 10.2. The van der Waals surface area contributed by atoms with Crippen LogP contribution in [-0.2, 0) is 16.0 Å². The van der Waals surface area contributed by atoms with Crippen molar-refractivity contribution in [2.24, 2.45) is 0 Å². The molecule has 0 aromatic heterocycles. The lowest BCUT2D eigenvalue weighted by Gasteiger charge is -2.15. The van der Waals surface area contributed by atoms with E-state index in [4.69, 9.17) is 11.6 Å². The van der Waals surface area contributed by atoms with Gasteiger partial charge in [-0.25, -0.2) is 0 Å². The first kappa shape index (κ1) is 10.2. The molecule has 4 heteroatoms. The SMILES string of the molecule is O=CCCN1C(=O)Cc2ccc(Cl)cc21. The fourth-order valence-electron chi connectivity index (χ4n) is 1.76. The third-order valence-electron chi connectivity index (χ3n) is 2.45. The van der Waals surface area contributed by atoms with Crippen molar-refractivity contribution in [2.75, 3.05) is 11.4 Å². The first-order valence-corrected chi connectivity index (χ1v) is 5.12. The minimum absolute atomic E-state index is 0.0362. The maximum atomic E-state index is 11.6. The molecule has 1 aromatic rings. The zero-order chi connectivity index (χ0) is 10.8. The van der Waals surface area contributed by atoms with Crippen molar-refractivity contribution >= 4 is 29.5 Å². The van der Waals surface area contributed by atoms with Gasteiger partial charge in [0, 0.05) is 23.7 Å². The molecule has 0 atom stereocenters. The summed E-state index contributed by atoms with van der Waals surface area (Å²) in [6.45, 7) is 0.440. The number of aldehydes is 1. The van der Waals surface area contributed by atoms with Crippen molar-refractivity contribution in [3.05, 3.63) is 28.8 Å². The highest BCUT2D eigenvalue weighted by molar-refractivity contribution is 6.31. The number of hydrogen-bond acceptors (Lipinski definition) is 2. The summed E-state index contributed by atoms with van der Waals surface area (Å²) in [5.41, 5.74) is 1.82. The van der Waals surface area contributed by atoms with E-state index in [-0.39, 0.29) is 5.91 Å². The summed E-state index contributed by atoms with van der Waals surface area (Å²) in [5, 5.41) is 0.611. The molecule has 78 valence electrons. The quantitative estimate of drug-likeness (QED) is 0.733. The Hall–Kier alpha value is -1.35. The molecule has 1 aliphatic rings. The number of benzene rings is 1. The average molecular weight is 224 g/mol. The van der Waals surface area contributed by atoms with Gasteiger partial charge >= 0.3 is 0 Å². The van der Waals surface area contributed by atoms with E-state index in [9.17, 15) is 9.59 Å². The molecule has 0 aliphatic carbocycles. The fourth-order valence-corrected chi connectivity index (χ4v) is 1.92. The number of halogens is 1. The molecule has 0 radical (unpaired) electrons. The molecule has 0 N–H and O–H groups in total. The number of fused-ring (bicyclic) bond motifs is 1. The molecule has 1 aromatic carbocycles. The van der Waals surface area contributed by atoms with Crippen LogP contribution in [0.1, 0.15) is 12.0 Å². The van der Waals surface area contributed by atoms with E-state index in [0.717, 1.165) is 17.5 Å². The lowest BCUT2D eigenvalue weighted by molar-refractivity contribution is -0.117. The van der Waals surface area contributed by atoms with Crippen molar-refractivity contribution in [3.8, 4) is 0 Å². The van der Waals surface area contributed by atoms with Gasteiger partial charge in [-0.05, 0) is 17.7 Å². The van der Waals surface area contributed by atoms with Gasteiger partial charge in [-0.3, -0.25) is 4.79 Å². The topological polar surface area (TPSA) is 37.4 Å². The summed E-state index contributed by atoms with van der Waals surface area (Å²) < 4.78 is 0. The summed E-state index contributed by atoms with van der Waals surface area (Å²) in [5.74, 6) is 0.0362. The van der Waals surface area contributed by atoms with Crippen LogP contribution in [0.3, 0.4) is 0 Å². The Labute approximate surface area is 92.6 Å². The Morgan fingerprint density at radius 2 is 2.27 bits per heavy atom. The molecule has 1 heterocycles. The van der Waals surface area contributed by atoms with E-state index in [1.54, 1.807) is 17.0 Å². The predicted octanol–water partition coefficient (Wildman–Crippen LogP) is 1.82. The molecule has 1 aliphatic heterocycles. The zero-order valence-corrected chi connectivity index (χ0v) is 8.83. The first-order chi connectivity index (χ1) is 7.22. The highest BCUT2D eigenvalue weighted by Gasteiger charge is 2.26. The van der Waals surface area contributed by atoms with Gasteiger partial charge in [0.1, 0.15) is 6.29 Å². The van der Waals surface area contributed by atoms with E-state index in [1.807, 2.05) is 6.07 Å². The molecule has 0 spiro atoms. The van der Waals surface area contributed by atoms with Gasteiger partial charge in [0.15, 0.2) is 0 Å². The molecule has 3 nitrogen and oxygen atoms in total. The number of carbonyl (C=O) groups is 2. The summed E-state index contributed by atoms with van der Waals surface area (Å²) in [6.07, 6.45) is 1.58. The monoisotopic (exact) mass is 223 g/mol. The Morgan fingerprint density at radius 1 is 1.47 bits per heavy atom. The van der Waals surface area contributed by atoms with Gasteiger partial charge in [-0.15, -0.1) is 0 Å². The number of amides is 1. The van der Waals surface area contributed by atoms with Gasteiger partial charge in [-0.1, -0.05) is 17.7 Å². The van der Waals surface area contributed by atoms with Crippen molar-refractivity contribution in [1.29, 1.82) is 0 Å². The average Bonchev–Trinajstić information content (AvgIpc) is 2.51. The van der Waals surface area contributed by atoms with E-state index in [1.165, 1.54) is 0 Å². The Kier molecular flexibility index (Phi) is 2.73. The van der Waals surface area contributed by atoms with Crippen molar-refractivity contribution in [2.45, 2.75) is 12.8 Å². The Balaban J connectivity index is 2.30. The normalized spacial score (nSPS) is 14.2. The van der Waals surface area contributed by atoms with Crippen LogP contribution in [0.4, 0.5) is 5.69 Å². The number of anilines is 1. The van der Waals surface area contributed by atoms with Crippen LogP contribution in [0, 0.1) is 0 Å². The second-order valence-electron chi connectivity index (χ2n) is 3.45. The molecule has 0 unspecified atom stereocenters. The number of hydrogen-bond donors (Lipinski definition) is 0. The second kappa shape index (κ2) is 4.03. The molecule has 0 saturated heterocycles. The number of rotatable bonds is 3. The third kappa shape index (κ3) is 1.88. The van der Waals surface area contributed by atoms with Gasteiger partial charge in [-0.2, -0.15) is 0 Å². The molecule has 2 rings (SSSR count). The summed E-state index contributed by atoms with van der Waals surface area (Å²) in [7, 11) is 0. The van der Waals surface area contributed by atoms with Gasteiger partial charge in [0.2, 0.25) is 5.91 Å². The lowest BCUT2D eigenvalue weighted by Crippen LogP contribution is -2.27. The molecule has 0 bridgehead atoms. The van der Waals surface area contributed by atoms with Crippen molar-refractivity contribution in [3.63, 3.8) is 0 Å². The van der Waals surface area contributed by atoms with Crippen LogP contribution in [0.25, 0.3) is 0 Å². The molecule has 1 amide bonds. The van der Waals surface area contributed by atoms with Gasteiger partial charge in [0.05, 0.1) is 6.42 Å². The van der Waals surface area contributed by atoms with Crippen molar-refractivity contribution in [1.82, 2.24) is 0 Å². The van der Waals surface area contributed by atoms with E-state index in [0.29, 0.717) is 24.4 Å². The fraction of sp³-hybridized carbons (Fsp3) is 0.273. The number of carbonyl (C=O) groups excluding carboxylic acids is 2. The summed E-state index contributed by atoms with van der Waals surface area (Å²) in [6, 6.07) is 5.40. The molecule has 0 saturated carbocycles. The third-order valence-corrected chi connectivity index (χ3v) is 2.69. The van der Waals surface area contributed by atoms with Crippen LogP contribution >= 0.6 is 11.6 Å². The highest BCUT2D eigenvalue weighted by atomic mass is 35.5. The van der Waals surface area contributed by atoms with Crippen LogP contribution < -0.4 is 4.90 Å². The summed E-state index contributed by atoms with van der Waals surface area (Å²) in [4.78, 5) is 23.5. The second-order valence-corrected chi connectivity index (χ2v) is 3.89. The van der Waals surface area contributed by atoms with Crippen molar-refractivity contribution < 1.29 is 9.59 Å². The highest BCUT2D eigenvalue weighted by Crippen LogP contribution is 2.31. The molecule has 0 fully saturated rings. The van der Waals surface area contributed by atoms with E-state index >= 15 is 0 Å². The predicted molar refractivity (Wildman–Crippen MR) is 58.2 cm³/mol. The van der Waals surface area contributed by atoms with Crippen LogP contribution in [0.2, 0.25) is 5.02 Å². The van der Waals surface area contributed by atoms with Crippen LogP contribution in [0.5, 0.6) is 0 Å². The number of nitrogens with zero attached hydrogens (tertiary/aromatic N) is 1. The molecular formula is C11H10ClNO2. The van der Waals surface area contributed by atoms with Gasteiger partial charge < -0.3 is 9.69 Å². The van der Waals surface area contributed by atoms with E-state index < -0.39 is 0 Å². The van der Waals surface area contributed by atoms with Crippen LogP contribution in [-0.4, -0.2) is 18.7 Å². The van der Waals surface area contributed by atoms with E-state index in [2.05, 4.69) is 0 Å².